The van der Waals surface area contributed by atoms with Gasteiger partial charge in [0, 0.05) is 25.8 Å². The first-order valence-corrected chi connectivity index (χ1v) is 6.92. The molecule has 1 amide bonds. The lowest BCUT2D eigenvalue weighted by Crippen LogP contribution is -2.27. The number of amides is 1. The third kappa shape index (κ3) is 7.50. The first-order chi connectivity index (χ1) is 9.22. The normalized spacial score (nSPS) is 9.29. The van der Waals surface area contributed by atoms with Gasteiger partial charge in [-0.3, -0.25) is 4.79 Å². The molecule has 1 aromatic heterocycles. The van der Waals surface area contributed by atoms with Gasteiger partial charge in [0.25, 0.3) is 5.91 Å². The van der Waals surface area contributed by atoms with Crippen LogP contribution < -0.4 is 16.0 Å². The number of rotatable bonds is 8. The zero-order valence-electron chi connectivity index (χ0n) is 12.7. The Labute approximate surface area is 139 Å². The van der Waals surface area contributed by atoms with Gasteiger partial charge in [-0.2, -0.15) is 0 Å². The van der Waals surface area contributed by atoms with Crippen LogP contribution in [0.3, 0.4) is 0 Å². The van der Waals surface area contributed by atoms with E-state index in [-0.39, 0.29) is 30.7 Å². The summed E-state index contributed by atoms with van der Waals surface area (Å²) in [4.78, 5) is 18.3. The summed E-state index contributed by atoms with van der Waals surface area (Å²) in [5.74, 6) is 0.828. The molecule has 3 N–H and O–H groups in total. The standard InChI is InChI=1S/C14H24N4O.2ClH/c1-3-10-18(4-2)13-7-6-12(11-17-13)14(19)16-9-5-8-15;;/h6-7,11H,3-5,8-10,15H2,1-2H3,(H,16,19);2*1H. The number of halogens is 2. The summed E-state index contributed by atoms with van der Waals surface area (Å²) in [6.07, 6.45) is 3.50. The van der Waals surface area contributed by atoms with Gasteiger partial charge >= 0.3 is 0 Å². The van der Waals surface area contributed by atoms with Crippen molar-refractivity contribution in [2.24, 2.45) is 5.73 Å². The zero-order valence-corrected chi connectivity index (χ0v) is 14.3. The number of nitrogens with two attached hydrogens (primary N) is 1. The van der Waals surface area contributed by atoms with Crippen LogP contribution in [0.1, 0.15) is 37.0 Å². The maximum atomic E-state index is 11.8. The van der Waals surface area contributed by atoms with Crippen LogP contribution in [0.5, 0.6) is 0 Å². The molecule has 0 fully saturated rings. The molecular weight excluding hydrogens is 311 g/mol. The minimum atomic E-state index is -0.0916. The fourth-order valence-electron chi connectivity index (χ4n) is 1.82. The topological polar surface area (TPSA) is 71.2 Å². The molecule has 0 aromatic carbocycles. The van der Waals surface area contributed by atoms with E-state index in [1.165, 1.54) is 0 Å². The molecule has 0 saturated carbocycles. The van der Waals surface area contributed by atoms with Gasteiger partial charge in [-0.15, -0.1) is 24.8 Å². The summed E-state index contributed by atoms with van der Waals surface area (Å²) in [6, 6.07) is 3.72. The van der Waals surface area contributed by atoms with Gasteiger partial charge in [-0.1, -0.05) is 6.92 Å². The molecule has 0 radical (unpaired) electrons. The molecule has 0 aliphatic carbocycles. The van der Waals surface area contributed by atoms with Crippen LogP contribution >= 0.6 is 24.8 Å². The fourth-order valence-corrected chi connectivity index (χ4v) is 1.82. The maximum absolute atomic E-state index is 11.8. The Balaban J connectivity index is 0. The summed E-state index contributed by atoms with van der Waals surface area (Å²) in [5, 5.41) is 2.82. The Hall–Kier alpha value is -1.04. The minimum absolute atomic E-state index is 0. The molecule has 0 aliphatic rings. The number of aromatic nitrogens is 1. The number of carbonyl (C=O) groups is 1. The van der Waals surface area contributed by atoms with E-state index in [1.807, 2.05) is 12.1 Å². The first-order valence-electron chi connectivity index (χ1n) is 6.92. The van der Waals surface area contributed by atoms with Crippen molar-refractivity contribution in [1.29, 1.82) is 0 Å². The lowest BCUT2D eigenvalue weighted by Gasteiger charge is -2.21. The van der Waals surface area contributed by atoms with E-state index in [4.69, 9.17) is 5.73 Å². The second kappa shape index (κ2) is 12.7. The Morgan fingerprint density at radius 1 is 1.33 bits per heavy atom. The molecule has 0 aliphatic heterocycles. The molecule has 0 atom stereocenters. The summed E-state index contributed by atoms with van der Waals surface area (Å²) in [5.41, 5.74) is 5.97. The van der Waals surface area contributed by atoms with Crippen LogP contribution in [0.4, 0.5) is 5.82 Å². The molecule has 122 valence electrons. The predicted octanol–water partition coefficient (Wildman–Crippen LogP) is 2.24. The monoisotopic (exact) mass is 336 g/mol. The van der Waals surface area contributed by atoms with Gasteiger partial charge in [0.05, 0.1) is 5.56 Å². The second-order valence-electron chi connectivity index (χ2n) is 4.38. The lowest BCUT2D eigenvalue weighted by molar-refractivity contribution is 0.0953. The van der Waals surface area contributed by atoms with Crippen LogP contribution in [0.2, 0.25) is 0 Å². The molecule has 0 saturated heterocycles. The van der Waals surface area contributed by atoms with Gasteiger partial charge in [0.2, 0.25) is 0 Å². The number of nitrogens with one attached hydrogen (secondary N) is 1. The van der Waals surface area contributed by atoms with E-state index < -0.39 is 0 Å². The van der Waals surface area contributed by atoms with Crippen molar-refractivity contribution in [3.8, 4) is 0 Å². The van der Waals surface area contributed by atoms with Gasteiger partial charge in [0.15, 0.2) is 0 Å². The molecule has 0 spiro atoms. The van der Waals surface area contributed by atoms with E-state index in [0.717, 1.165) is 31.7 Å². The Kier molecular flexibility index (Phi) is 13.4. The van der Waals surface area contributed by atoms with Crippen LogP contribution in [0.25, 0.3) is 0 Å². The molecular formula is C14H26Cl2N4O. The van der Waals surface area contributed by atoms with Crippen molar-refractivity contribution in [1.82, 2.24) is 10.3 Å². The highest BCUT2D eigenvalue weighted by Crippen LogP contribution is 2.11. The highest BCUT2D eigenvalue weighted by molar-refractivity contribution is 5.94. The molecule has 1 rings (SSSR count). The number of anilines is 1. The SMILES string of the molecule is CCCN(CC)c1ccc(C(=O)NCCCN)cn1.Cl.Cl. The fraction of sp³-hybridized carbons (Fsp3) is 0.571. The summed E-state index contributed by atoms with van der Waals surface area (Å²) in [7, 11) is 0. The van der Waals surface area contributed by atoms with Crippen LogP contribution in [-0.2, 0) is 0 Å². The Bertz CT molecular complexity index is 387. The Morgan fingerprint density at radius 3 is 2.52 bits per heavy atom. The third-order valence-corrected chi connectivity index (χ3v) is 2.88. The molecule has 0 unspecified atom stereocenters. The van der Waals surface area contributed by atoms with E-state index in [1.54, 1.807) is 6.20 Å². The van der Waals surface area contributed by atoms with Crippen LogP contribution in [0.15, 0.2) is 18.3 Å². The predicted molar refractivity (Wildman–Crippen MR) is 92.9 cm³/mol. The lowest BCUT2D eigenvalue weighted by atomic mass is 10.2. The number of pyridine rings is 1. The van der Waals surface area contributed by atoms with Crippen molar-refractivity contribution >= 4 is 36.5 Å². The van der Waals surface area contributed by atoms with Gasteiger partial charge in [-0.25, -0.2) is 4.98 Å². The van der Waals surface area contributed by atoms with Gasteiger partial charge in [-0.05, 0) is 38.4 Å². The van der Waals surface area contributed by atoms with E-state index in [9.17, 15) is 4.79 Å². The van der Waals surface area contributed by atoms with Crippen molar-refractivity contribution in [3.05, 3.63) is 23.9 Å². The van der Waals surface area contributed by atoms with Gasteiger partial charge < -0.3 is 16.0 Å². The highest BCUT2D eigenvalue weighted by Gasteiger charge is 2.08. The molecule has 1 aromatic rings. The minimum Gasteiger partial charge on any atom is -0.357 e. The third-order valence-electron chi connectivity index (χ3n) is 2.88. The quantitative estimate of drug-likeness (QED) is 0.714. The average molecular weight is 337 g/mol. The van der Waals surface area contributed by atoms with E-state index in [2.05, 4.69) is 29.0 Å². The van der Waals surface area contributed by atoms with Crippen molar-refractivity contribution in [3.63, 3.8) is 0 Å². The van der Waals surface area contributed by atoms with Crippen LogP contribution in [-0.4, -0.2) is 37.1 Å². The van der Waals surface area contributed by atoms with Crippen molar-refractivity contribution in [2.75, 3.05) is 31.1 Å². The maximum Gasteiger partial charge on any atom is 0.252 e. The van der Waals surface area contributed by atoms with Crippen LogP contribution in [0, 0.1) is 0 Å². The van der Waals surface area contributed by atoms with Crippen molar-refractivity contribution < 1.29 is 4.79 Å². The number of hydrogen-bond acceptors (Lipinski definition) is 4. The van der Waals surface area contributed by atoms with E-state index >= 15 is 0 Å². The van der Waals surface area contributed by atoms with Gasteiger partial charge in [0.1, 0.15) is 5.82 Å². The molecule has 0 bridgehead atoms. The average Bonchev–Trinajstić information content (AvgIpc) is 2.45. The summed E-state index contributed by atoms with van der Waals surface area (Å²) < 4.78 is 0. The van der Waals surface area contributed by atoms with Crippen molar-refractivity contribution in [2.45, 2.75) is 26.7 Å². The second-order valence-corrected chi connectivity index (χ2v) is 4.38. The Morgan fingerprint density at radius 2 is 2.05 bits per heavy atom. The molecule has 7 heteroatoms. The smallest absolute Gasteiger partial charge is 0.252 e. The summed E-state index contributed by atoms with van der Waals surface area (Å²) >= 11 is 0. The zero-order chi connectivity index (χ0) is 14.1. The highest BCUT2D eigenvalue weighted by atomic mass is 35.5. The first kappa shape index (κ1) is 22.2. The molecule has 5 nitrogen and oxygen atoms in total. The summed E-state index contributed by atoms with van der Waals surface area (Å²) in [6.45, 7) is 7.33. The molecule has 21 heavy (non-hydrogen) atoms. The number of hydrogen-bond donors (Lipinski definition) is 2. The number of carbonyl (C=O) groups excluding carboxylic acids is 1. The van der Waals surface area contributed by atoms with E-state index in [0.29, 0.717) is 18.7 Å². The largest absolute Gasteiger partial charge is 0.357 e. The molecule has 1 heterocycles. The number of nitrogens with zero attached hydrogens (tertiary/aromatic N) is 2.